The molecule has 0 aromatic rings. The third kappa shape index (κ3) is 47.0. The van der Waals surface area contributed by atoms with Crippen LogP contribution in [-0.2, 0) is 28.6 Å². The van der Waals surface area contributed by atoms with Crippen LogP contribution in [0.2, 0.25) is 0 Å². The van der Waals surface area contributed by atoms with Gasteiger partial charge in [0.2, 0.25) is 0 Å². The molecule has 0 aromatic heterocycles. The summed E-state index contributed by atoms with van der Waals surface area (Å²) in [7, 11) is 0. The molecule has 61 heavy (non-hydrogen) atoms. The van der Waals surface area contributed by atoms with Gasteiger partial charge in [0.25, 0.3) is 0 Å². The molecule has 0 fully saturated rings. The lowest BCUT2D eigenvalue weighted by molar-refractivity contribution is -0.166. The Labute approximate surface area is 374 Å². The van der Waals surface area contributed by atoms with E-state index in [1.165, 1.54) is 44.9 Å². The van der Waals surface area contributed by atoms with Gasteiger partial charge >= 0.3 is 17.9 Å². The average Bonchev–Trinajstić information content (AvgIpc) is 3.26. The molecule has 6 heteroatoms. The minimum Gasteiger partial charge on any atom is -0.462 e. The molecule has 344 valence electrons. The first-order valence-corrected chi connectivity index (χ1v) is 24.4. The molecule has 0 spiro atoms. The number of carbonyl (C=O) groups excluding carboxylic acids is 3. The number of hydrogen-bond acceptors (Lipinski definition) is 6. The first-order valence-electron chi connectivity index (χ1n) is 24.4. The SMILES string of the molecule is CC/C=C/C=C/C=C/CCCCCCCC(=O)OCC(COC(=O)CC/C=C/C/C=C/C/C=C/C/C=C/C/C=C/CC)OC(=O)CCCCC/C=C/CCCCCCCCC. The lowest BCUT2D eigenvalue weighted by Gasteiger charge is -2.18. The molecule has 0 rings (SSSR count). The highest BCUT2D eigenvalue weighted by molar-refractivity contribution is 5.71. The van der Waals surface area contributed by atoms with E-state index in [0.717, 1.165) is 109 Å². The summed E-state index contributed by atoms with van der Waals surface area (Å²) in [5.41, 5.74) is 0. The van der Waals surface area contributed by atoms with Crippen LogP contribution < -0.4 is 0 Å². The number of hydrogen-bond donors (Lipinski definition) is 0. The van der Waals surface area contributed by atoms with Crippen molar-refractivity contribution in [3.63, 3.8) is 0 Å². The fourth-order valence-corrected chi connectivity index (χ4v) is 6.19. The number of esters is 3. The van der Waals surface area contributed by atoms with Gasteiger partial charge in [-0.1, -0.05) is 194 Å². The molecule has 0 aromatic carbocycles. The molecule has 0 N–H and O–H groups in total. The molecule has 6 nitrogen and oxygen atoms in total. The summed E-state index contributed by atoms with van der Waals surface area (Å²) >= 11 is 0. The molecule has 0 radical (unpaired) electrons. The van der Waals surface area contributed by atoms with Gasteiger partial charge in [-0.05, 0) is 96.3 Å². The second-order valence-electron chi connectivity index (χ2n) is 15.7. The van der Waals surface area contributed by atoms with E-state index in [0.29, 0.717) is 12.8 Å². The van der Waals surface area contributed by atoms with Gasteiger partial charge < -0.3 is 14.2 Å². The molecule has 0 saturated carbocycles. The van der Waals surface area contributed by atoms with Crippen LogP contribution in [0.5, 0.6) is 0 Å². The van der Waals surface area contributed by atoms with Crippen LogP contribution in [0.1, 0.15) is 201 Å². The fourth-order valence-electron chi connectivity index (χ4n) is 6.19. The number of rotatable bonds is 42. The Kier molecular flexibility index (Phi) is 45.6. The molecular formula is C55H88O6. The smallest absolute Gasteiger partial charge is 0.306 e. The van der Waals surface area contributed by atoms with E-state index >= 15 is 0 Å². The summed E-state index contributed by atoms with van der Waals surface area (Å²) in [6.45, 7) is 6.27. The maximum absolute atomic E-state index is 12.8. The highest BCUT2D eigenvalue weighted by atomic mass is 16.6. The monoisotopic (exact) mass is 845 g/mol. The molecular weight excluding hydrogens is 757 g/mol. The summed E-state index contributed by atoms with van der Waals surface area (Å²) in [5, 5.41) is 0. The summed E-state index contributed by atoms with van der Waals surface area (Å²) < 4.78 is 16.7. The van der Waals surface area contributed by atoms with Crippen molar-refractivity contribution < 1.29 is 28.6 Å². The maximum Gasteiger partial charge on any atom is 0.306 e. The van der Waals surface area contributed by atoms with Crippen molar-refractivity contribution in [2.45, 2.75) is 207 Å². The maximum atomic E-state index is 12.8. The summed E-state index contributed by atoms with van der Waals surface area (Å²) in [6, 6.07) is 0. The van der Waals surface area contributed by atoms with Gasteiger partial charge in [0.15, 0.2) is 6.10 Å². The first-order chi connectivity index (χ1) is 30.0. The van der Waals surface area contributed by atoms with E-state index in [2.05, 4.69) is 112 Å². The summed E-state index contributed by atoms with van der Waals surface area (Å²) in [6.07, 6.45) is 65.1. The van der Waals surface area contributed by atoms with Gasteiger partial charge in [-0.25, -0.2) is 0 Å². The van der Waals surface area contributed by atoms with Crippen LogP contribution in [-0.4, -0.2) is 37.2 Å². The molecule has 0 saturated heterocycles. The zero-order valence-corrected chi connectivity index (χ0v) is 39.1. The Morgan fingerprint density at radius 2 is 0.754 bits per heavy atom. The number of unbranched alkanes of at least 4 members (excludes halogenated alkanes) is 15. The van der Waals surface area contributed by atoms with E-state index in [-0.39, 0.29) is 44.0 Å². The zero-order chi connectivity index (χ0) is 44.4. The molecule has 0 aliphatic heterocycles. The molecule has 0 amide bonds. The standard InChI is InChI=1S/C55H88O6/c1-4-7-10-13-16-19-22-25-27-28-31-33-36-39-42-45-48-54(57)60-51-52(50-59-53(56)47-44-41-38-35-32-29-24-21-18-15-12-9-6-3)61-55(58)49-46-43-40-37-34-30-26-23-20-17-14-11-8-5-2/h7,9-10,12,15-16,18-19,21,24-25,27,30-31,33-34,39,42,52H,4-6,8,11,13-14,17,20,22-23,26,28-29,32,35-38,40-41,43-51H2,1-3H3/b10-7+,12-9+,18-15+,19-16+,24-21+,27-25+,33-31+,34-30+,42-39+. The molecule has 1 atom stereocenters. The summed E-state index contributed by atoms with van der Waals surface area (Å²) in [5.74, 6) is -1.05. The van der Waals surface area contributed by atoms with Gasteiger partial charge in [0.1, 0.15) is 13.2 Å². The Balaban J connectivity index is 4.56. The third-order valence-corrected chi connectivity index (χ3v) is 9.82. The lowest BCUT2D eigenvalue weighted by Crippen LogP contribution is -2.30. The van der Waals surface area contributed by atoms with Crippen LogP contribution >= 0.6 is 0 Å². The second kappa shape index (κ2) is 48.7. The van der Waals surface area contributed by atoms with Gasteiger partial charge in [-0.3, -0.25) is 14.4 Å². The minimum atomic E-state index is -0.825. The normalized spacial score (nSPS) is 13.0. The zero-order valence-electron chi connectivity index (χ0n) is 39.1. The average molecular weight is 845 g/mol. The quantitative estimate of drug-likeness (QED) is 0.0200. The van der Waals surface area contributed by atoms with Crippen molar-refractivity contribution in [1.29, 1.82) is 0 Å². The Bertz CT molecular complexity index is 1290. The highest BCUT2D eigenvalue weighted by Crippen LogP contribution is 2.12. The second-order valence-corrected chi connectivity index (χ2v) is 15.7. The van der Waals surface area contributed by atoms with Crippen molar-refractivity contribution in [1.82, 2.24) is 0 Å². The molecule has 0 aliphatic rings. The van der Waals surface area contributed by atoms with E-state index < -0.39 is 6.10 Å². The van der Waals surface area contributed by atoms with Crippen molar-refractivity contribution in [3.8, 4) is 0 Å². The summed E-state index contributed by atoms with van der Waals surface area (Å²) in [4.78, 5) is 37.8. The van der Waals surface area contributed by atoms with Gasteiger partial charge in [0.05, 0.1) is 0 Å². The van der Waals surface area contributed by atoms with E-state index in [1.54, 1.807) is 0 Å². The van der Waals surface area contributed by atoms with E-state index in [1.807, 2.05) is 18.2 Å². The first kappa shape index (κ1) is 57.1. The largest absolute Gasteiger partial charge is 0.462 e. The predicted molar refractivity (Wildman–Crippen MR) is 260 cm³/mol. The van der Waals surface area contributed by atoms with Crippen LogP contribution in [0.3, 0.4) is 0 Å². The minimum absolute atomic E-state index is 0.120. The van der Waals surface area contributed by atoms with Gasteiger partial charge in [-0.15, -0.1) is 0 Å². The van der Waals surface area contributed by atoms with Crippen molar-refractivity contribution in [2.75, 3.05) is 13.2 Å². The van der Waals surface area contributed by atoms with E-state index in [4.69, 9.17) is 14.2 Å². The topological polar surface area (TPSA) is 78.9 Å². The fraction of sp³-hybridized carbons (Fsp3) is 0.618. The van der Waals surface area contributed by atoms with Crippen molar-refractivity contribution in [2.24, 2.45) is 0 Å². The molecule has 0 aliphatic carbocycles. The Morgan fingerprint density at radius 1 is 0.361 bits per heavy atom. The van der Waals surface area contributed by atoms with Crippen LogP contribution in [0, 0.1) is 0 Å². The highest BCUT2D eigenvalue weighted by Gasteiger charge is 2.19. The van der Waals surface area contributed by atoms with Crippen LogP contribution in [0.25, 0.3) is 0 Å². The third-order valence-electron chi connectivity index (χ3n) is 9.82. The van der Waals surface area contributed by atoms with Crippen molar-refractivity contribution in [3.05, 3.63) is 109 Å². The lowest BCUT2D eigenvalue weighted by atomic mass is 10.1. The Hall–Kier alpha value is -3.93. The predicted octanol–water partition coefficient (Wildman–Crippen LogP) is 16.0. The number of allylic oxidation sites excluding steroid dienone is 18. The van der Waals surface area contributed by atoms with Gasteiger partial charge in [0, 0.05) is 19.3 Å². The van der Waals surface area contributed by atoms with Crippen LogP contribution in [0.4, 0.5) is 0 Å². The van der Waals surface area contributed by atoms with E-state index in [9.17, 15) is 14.4 Å². The Morgan fingerprint density at radius 3 is 1.30 bits per heavy atom. The van der Waals surface area contributed by atoms with Crippen molar-refractivity contribution >= 4 is 17.9 Å². The van der Waals surface area contributed by atoms with Gasteiger partial charge in [-0.2, -0.15) is 0 Å². The molecule has 0 heterocycles. The molecule has 1 unspecified atom stereocenters. The van der Waals surface area contributed by atoms with Crippen LogP contribution in [0.15, 0.2) is 109 Å². The number of carbonyl (C=O) groups is 3. The number of ether oxygens (including phenoxy) is 3. The molecule has 0 bridgehead atoms.